The van der Waals surface area contributed by atoms with E-state index in [2.05, 4.69) is 0 Å². The Morgan fingerprint density at radius 3 is 2.07 bits per heavy atom. The molecule has 0 radical (unpaired) electrons. The number of carbonyl (C=O) groups is 2. The van der Waals surface area contributed by atoms with Gasteiger partial charge in [-0.05, 0) is 35.8 Å². The van der Waals surface area contributed by atoms with Crippen molar-refractivity contribution in [3.05, 3.63) is 65.2 Å². The summed E-state index contributed by atoms with van der Waals surface area (Å²) in [6, 6.07) is 12.8. The Balaban J connectivity index is 2.04. The Morgan fingerprint density at radius 2 is 1.48 bits per heavy atom. The van der Waals surface area contributed by atoms with Gasteiger partial charge in [0, 0.05) is 24.7 Å². The minimum Gasteiger partial charge on any atom is -0.493 e. The summed E-state index contributed by atoms with van der Waals surface area (Å²) in [5, 5.41) is 0. The maximum absolute atomic E-state index is 12.9. The molecule has 0 spiro atoms. The molecule has 0 atom stereocenters. The van der Waals surface area contributed by atoms with Crippen LogP contribution in [0.25, 0.3) is 5.57 Å². The average Bonchev–Trinajstić information content (AvgIpc) is 2.77. The van der Waals surface area contributed by atoms with Crippen LogP contribution in [0.1, 0.15) is 28.4 Å². The van der Waals surface area contributed by atoms with E-state index in [4.69, 9.17) is 14.2 Å². The fraction of sp³-hybridized carbons (Fsp3) is 0.304. The van der Waals surface area contributed by atoms with Crippen LogP contribution >= 0.6 is 0 Å². The Hall–Kier alpha value is -3.12. The summed E-state index contributed by atoms with van der Waals surface area (Å²) in [5.41, 5.74) is 3.03. The molecule has 0 aliphatic carbocycles. The molecule has 6 heteroatoms. The van der Waals surface area contributed by atoms with Gasteiger partial charge in [-0.15, -0.1) is 0 Å². The number of methoxy groups -OCH3 is 2. The Kier molecular flexibility index (Phi) is 6.67. The molecule has 0 N–H and O–H groups in total. The quantitative estimate of drug-likeness (QED) is 0.555. The first kappa shape index (κ1) is 20.6. The predicted molar refractivity (Wildman–Crippen MR) is 110 cm³/mol. The Morgan fingerprint density at radius 1 is 0.897 bits per heavy atom. The van der Waals surface area contributed by atoms with Crippen molar-refractivity contribution in [3.63, 3.8) is 0 Å². The van der Waals surface area contributed by atoms with E-state index in [0.29, 0.717) is 43.4 Å². The third-order valence-electron chi connectivity index (χ3n) is 4.89. The second-order valence-corrected chi connectivity index (χ2v) is 6.70. The zero-order valence-corrected chi connectivity index (χ0v) is 16.9. The highest BCUT2D eigenvalue weighted by Gasteiger charge is 2.18. The van der Waals surface area contributed by atoms with Gasteiger partial charge in [0.25, 0.3) is 0 Å². The van der Waals surface area contributed by atoms with Gasteiger partial charge in [-0.3, -0.25) is 9.59 Å². The average molecular weight is 395 g/mol. The second kappa shape index (κ2) is 9.39. The molecule has 3 rings (SSSR count). The third-order valence-corrected chi connectivity index (χ3v) is 4.89. The molecule has 0 saturated carbocycles. The molecule has 2 aromatic rings. The van der Waals surface area contributed by atoms with Gasteiger partial charge in [-0.2, -0.15) is 0 Å². The molecular formula is C23H25NO5. The largest absolute Gasteiger partial charge is 0.493 e. The molecule has 6 nitrogen and oxygen atoms in total. The van der Waals surface area contributed by atoms with Gasteiger partial charge in [0.05, 0.1) is 27.4 Å². The smallest absolute Gasteiger partial charge is 0.247 e. The fourth-order valence-electron chi connectivity index (χ4n) is 3.22. The molecule has 1 saturated heterocycles. The van der Waals surface area contributed by atoms with Crippen molar-refractivity contribution in [1.29, 1.82) is 0 Å². The first-order chi connectivity index (χ1) is 14.0. The number of nitrogens with zero attached hydrogens (tertiary/aromatic N) is 1. The van der Waals surface area contributed by atoms with Crippen molar-refractivity contribution in [2.24, 2.45) is 0 Å². The fourth-order valence-corrected chi connectivity index (χ4v) is 3.22. The van der Waals surface area contributed by atoms with Gasteiger partial charge in [0.15, 0.2) is 17.3 Å². The van der Waals surface area contributed by atoms with Gasteiger partial charge in [0.2, 0.25) is 5.91 Å². The van der Waals surface area contributed by atoms with E-state index in [0.717, 1.165) is 16.7 Å². The summed E-state index contributed by atoms with van der Waals surface area (Å²) in [7, 11) is 3.16. The van der Waals surface area contributed by atoms with Crippen molar-refractivity contribution < 1.29 is 23.8 Å². The number of Topliss-reactive ketones (excluding diaryl/α,β-unsaturated/α-hetero) is 1. The van der Waals surface area contributed by atoms with E-state index < -0.39 is 0 Å². The summed E-state index contributed by atoms with van der Waals surface area (Å²) < 4.78 is 16.1. The maximum atomic E-state index is 12.9. The molecule has 1 fully saturated rings. The number of ether oxygens (including phenoxy) is 3. The minimum atomic E-state index is -0.0753. The van der Waals surface area contributed by atoms with E-state index in [1.165, 1.54) is 6.92 Å². The van der Waals surface area contributed by atoms with E-state index in [9.17, 15) is 9.59 Å². The van der Waals surface area contributed by atoms with Crippen LogP contribution in [-0.2, 0) is 9.53 Å². The van der Waals surface area contributed by atoms with Gasteiger partial charge in [-0.1, -0.05) is 30.3 Å². The number of hydrogen-bond acceptors (Lipinski definition) is 5. The van der Waals surface area contributed by atoms with Crippen molar-refractivity contribution in [2.45, 2.75) is 6.92 Å². The minimum absolute atomic E-state index is 0.00223. The highest BCUT2D eigenvalue weighted by molar-refractivity contribution is 6.00. The Bertz CT molecular complexity index is 911. The number of ketones is 1. The lowest BCUT2D eigenvalue weighted by molar-refractivity contribution is -0.129. The second-order valence-electron chi connectivity index (χ2n) is 6.70. The molecule has 0 unspecified atom stereocenters. The van der Waals surface area contributed by atoms with E-state index in [1.54, 1.807) is 37.3 Å². The molecule has 1 heterocycles. The van der Waals surface area contributed by atoms with Gasteiger partial charge < -0.3 is 19.1 Å². The normalized spacial score (nSPS) is 14.4. The highest BCUT2D eigenvalue weighted by atomic mass is 16.5. The van der Waals surface area contributed by atoms with Crippen LogP contribution in [0.4, 0.5) is 0 Å². The lowest BCUT2D eigenvalue weighted by atomic mass is 9.95. The number of amides is 1. The summed E-state index contributed by atoms with van der Waals surface area (Å²) in [5.74, 6) is 1.11. The monoisotopic (exact) mass is 395 g/mol. The first-order valence-corrected chi connectivity index (χ1v) is 9.45. The summed E-state index contributed by atoms with van der Waals surface area (Å²) in [6.07, 6.45) is 1.63. The number of rotatable bonds is 6. The zero-order chi connectivity index (χ0) is 20.8. The molecule has 152 valence electrons. The van der Waals surface area contributed by atoms with Crippen LogP contribution in [0.3, 0.4) is 0 Å². The van der Waals surface area contributed by atoms with Gasteiger partial charge in [-0.25, -0.2) is 0 Å². The summed E-state index contributed by atoms with van der Waals surface area (Å²) in [4.78, 5) is 26.3. The number of carbonyl (C=O) groups excluding carboxylic acids is 2. The molecule has 1 aliphatic rings. The van der Waals surface area contributed by atoms with Crippen molar-refractivity contribution >= 4 is 17.3 Å². The van der Waals surface area contributed by atoms with Crippen molar-refractivity contribution in [3.8, 4) is 11.5 Å². The Labute approximate surface area is 170 Å². The highest BCUT2D eigenvalue weighted by Crippen LogP contribution is 2.33. The topological polar surface area (TPSA) is 65.1 Å². The molecule has 1 aliphatic heterocycles. The first-order valence-electron chi connectivity index (χ1n) is 9.45. The molecular weight excluding hydrogens is 370 g/mol. The molecule has 29 heavy (non-hydrogen) atoms. The van der Waals surface area contributed by atoms with E-state index in [1.807, 2.05) is 30.3 Å². The predicted octanol–water partition coefficient (Wildman–Crippen LogP) is 3.20. The number of morpholine rings is 1. The molecule has 2 aromatic carbocycles. The molecule has 1 amide bonds. The van der Waals surface area contributed by atoms with Crippen LogP contribution in [0, 0.1) is 0 Å². The standard InChI is InChI=1S/C23H25NO5/c1-16(25)17-4-6-18(7-5-17)20(15-23(26)24-10-12-29-13-11-24)19-8-9-21(27-2)22(14-19)28-3/h4-9,14-15H,10-13H2,1-3H3/b20-15+. The van der Waals surface area contributed by atoms with Crippen LogP contribution in [-0.4, -0.2) is 57.1 Å². The third kappa shape index (κ3) is 4.84. The van der Waals surface area contributed by atoms with Gasteiger partial charge in [0.1, 0.15) is 0 Å². The lowest BCUT2D eigenvalue weighted by Gasteiger charge is -2.26. The van der Waals surface area contributed by atoms with Crippen LogP contribution < -0.4 is 9.47 Å². The van der Waals surface area contributed by atoms with Crippen LogP contribution in [0.2, 0.25) is 0 Å². The number of hydrogen-bond donors (Lipinski definition) is 0. The van der Waals surface area contributed by atoms with Crippen molar-refractivity contribution in [1.82, 2.24) is 4.90 Å². The van der Waals surface area contributed by atoms with Crippen LogP contribution in [0.15, 0.2) is 48.5 Å². The van der Waals surface area contributed by atoms with Crippen molar-refractivity contribution in [2.75, 3.05) is 40.5 Å². The molecule has 0 bridgehead atoms. The van der Waals surface area contributed by atoms with E-state index in [-0.39, 0.29) is 11.7 Å². The zero-order valence-electron chi connectivity index (χ0n) is 16.9. The number of benzene rings is 2. The SMILES string of the molecule is COc1ccc(/C(=C/C(=O)N2CCOCC2)c2ccc(C(C)=O)cc2)cc1OC. The van der Waals surface area contributed by atoms with E-state index >= 15 is 0 Å². The van der Waals surface area contributed by atoms with Gasteiger partial charge >= 0.3 is 0 Å². The summed E-state index contributed by atoms with van der Waals surface area (Å²) in [6.45, 7) is 3.74. The summed E-state index contributed by atoms with van der Waals surface area (Å²) >= 11 is 0. The van der Waals surface area contributed by atoms with Crippen LogP contribution in [0.5, 0.6) is 11.5 Å². The lowest BCUT2D eigenvalue weighted by Crippen LogP contribution is -2.39. The maximum Gasteiger partial charge on any atom is 0.247 e. The molecule has 0 aromatic heterocycles.